The molecule has 0 aliphatic rings. The lowest BCUT2D eigenvalue weighted by atomic mass is 10.1. The van der Waals surface area contributed by atoms with E-state index in [1.807, 2.05) is 0 Å². The first-order valence-corrected chi connectivity index (χ1v) is 9.91. The van der Waals surface area contributed by atoms with Gasteiger partial charge in [0.25, 0.3) is 0 Å². The van der Waals surface area contributed by atoms with Crippen LogP contribution in [0.15, 0.2) is 76.2 Å². The Kier molecular flexibility index (Phi) is 6.16. The summed E-state index contributed by atoms with van der Waals surface area (Å²) < 4.78 is 45.5. The molecule has 5 nitrogen and oxygen atoms in total. The van der Waals surface area contributed by atoms with Crippen LogP contribution in [0.25, 0.3) is 22.6 Å². The van der Waals surface area contributed by atoms with Crippen LogP contribution in [0.3, 0.4) is 0 Å². The van der Waals surface area contributed by atoms with Crippen molar-refractivity contribution in [1.29, 1.82) is 0 Å². The number of halogens is 5. The number of hydrazone groups is 1. The van der Waals surface area contributed by atoms with Gasteiger partial charge in [-0.2, -0.15) is 18.3 Å². The van der Waals surface area contributed by atoms with Crippen LogP contribution in [0.2, 0.25) is 10.0 Å². The van der Waals surface area contributed by atoms with Crippen LogP contribution < -0.4 is 5.43 Å². The van der Waals surface area contributed by atoms with Crippen LogP contribution in [-0.2, 0) is 6.18 Å². The largest absolute Gasteiger partial charge is 0.455 e. The average Bonchev–Trinajstić information content (AvgIpc) is 3.24. The maximum atomic E-state index is 13.3. The van der Waals surface area contributed by atoms with Gasteiger partial charge in [0.2, 0.25) is 5.95 Å². The molecule has 4 rings (SSSR count). The number of aromatic nitrogens is 2. The molecule has 32 heavy (non-hydrogen) atoms. The van der Waals surface area contributed by atoms with Crippen LogP contribution in [-0.4, -0.2) is 16.2 Å². The highest BCUT2D eigenvalue weighted by atomic mass is 35.5. The molecule has 0 fully saturated rings. The van der Waals surface area contributed by atoms with Gasteiger partial charge >= 0.3 is 6.18 Å². The summed E-state index contributed by atoms with van der Waals surface area (Å²) in [6.07, 6.45) is -3.34. The van der Waals surface area contributed by atoms with Gasteiger partial charge in [0, 0.05) is 11.1 Å². The van der Waals surface area contributed by atoms with Crippen molar-refractivity contribution in [2.75, 3.05) is 5.43 Å². The average molecular weight is 477 g/mol. The van der Waals surface area contributed by atoms with Crippen molar-refractivity contribution in [2.45, 2.75) is 6.18 Å². The number of nitrogens with zero attached hydrogens (tertiary/aromatic N) is 3. The highest BCUT2D eigenvalue weighted by molar-refractivity contribution is 6.42. The highest BCUT2D eigenvalue weighted by Gasteiger charge is 2.33. The molecule has 4 aromatic rings. The van der Waals surface area contributed by atoms with E-state index in [0.29, 0.717) is 32.7 Å². The summed E-state index contributed by atoms with van der Waals surface area (Å²) in [4.78, 5) is 7.64. The third kappa shape index (κ3) is 5.09. The Labute approximate surface area is 190 Å². The molecule has 0 radical (unpaired) electrons. The molecular formula is C22H13Cl2F3N4O. The molecule has 2 heterocycles. The quantitative estimate of drug-likeness (QED) is 0.244. The number of rotatable bonds is 5. The minimum absolute atomic E-state index is 0.116. The Hall–Kier alpha value is -3.36. The summed E-state index contributed by atoms with van der Waals surface area (Å²) in [6, 6.07) is 17.8. The van der Waals surface area contributed by atoms with E-state index in [1.165, 1.54) is 6.21 Å². The Morgan fingerprint density at radius 1 is 0.875 bits per heavy atom. The molecule has 0 aliphatic carbocycles. The van der Waals surface area contributed by atoms with Gasteiger partial charge in [-0.15, -0.1) is 0 Å². The molecule has 2 aromatic carbocycles. The number of nitrogens with one attached hydrogen (secondary N) is 1. The van der Waals surface area contributed by atoms with Gasteiger partial charge in [0.15, 0.2) is 5.69 Å². The van der Waals surface area contributed by atoms with Gasteiger partial charge in [-0.3, -0.25) is 0 Å². The summed E-state index contributed by atoms with van der Waals surface area (Å²) in [6.45, 7) is 0. The third-order valence-electron chi connectivity index (χ3n) is 4.27. The SMILES string of the molecule is FC(F)(F)c1cc(-c2ccccc2)nc(N/N=C/c2ccc(-c3ccc(Cl)c(Cl)c3)o2)n1. The molecule has 2 aromatic heterocycles. The van der Waals surface area contributed by atoms with Crippen LogP contribution in [0.5, 0.6) is 0 Å². The van der Waals surface area contributed by atoms with Crippen molar-refractivity contribution in [3.05, 3.63) is 88.2 Å². The van der Waals surface area contributed by atoms with Crippen molar-refractivity contribution >= 4 is 35.4 Å². The van der Waals surface area contributed by atoms with Gasteiger partial charge in [0.1, 0.15) is 11.5 Å². The van der Waals surface area contributed by atoms with Crippen LogP contribution in [0, 0.1) is 0 Å². The first kappa shape index (κ1) is 21.9. The topological polar surface area (TPSA) is 63.3 Å². The summed E-state index contributed by atoms with van der Waals surface area (Å²) in [5.74, 6) is 0.576. The van der Waals surface area contributed by atoms with Crippen LogP contribution in [0.1, 0.15) is 11.5 Å². The number of hydrogen-bond donors (Lipinski definition) is 1. The zero-order valence-corrected chi connectivity index (χ0v) is 17.6. The first-order valence-electron chi connectivity index (χ1n) is 9.15. The minimum Gasteiger partial charge on any atom is -0.455 e. The van der Waals surface area contributed by atoms with E-state index in [-0.39, 0.29) is 11.6 Å². The lowest BCUT2D eigenvalue weighted by molar-refractivity contribution is -0.141. The second-order valence-electron chi connectivity index (χ2n) is 6.53. The number of hydrogen-bond acceptors (Lipinski definition) is 5. The normalized spacial score (nSPS) is 11.8. The lowest BCUT2D eigenvalue weighted by Crippen LogP contribution is -2.11. The molecule has 0 spiro atoms. The summed E-state index contributed by atoms with van der Waals surface area (Å²) in [7, 11) is 0. The van der Waals surface area contributed by atoms with Crippen molar-refractivity contribution in [1.82, 2.24) is 9.97 Å². The molecule has 0 unspecified atom stereocenters. The molecule has 10 heteroatoms. The fourth-order valence-electron chi connectivity index (χ4n) is 2.78. The van der Waals surface area contributed by atoms with E-state index in [4.69, 9.17) is 27.6 Å². The Balaban J connectivity index is 1.55. The van der Waals surface area contributed by atoms with Gasteiger partial charge in [-0.05, 0) is 36.4 Å². The smallest absolute Gasteiger partial charge is 0.433 e. The zero-order chi connectivity index (χ0) is 22.7. The van der Waals surface area contributed by atoms with Crippen LogP contribution >= 0.6 is 23.2 Å². The summed E-state index contributed by atoms with van der Waals surface area (Å²) in [5, 5.41) is 4.70. The second-order valence-corrected chi connectivity index (χ2v) is 7.34. The Morgan fingerprint density at radius 2 is 1.66 bits per heavy atom. The standard InChI is InChI=1S/C22H13Cl2F3N4O/c23-16-8-6-14(10-17(16)24)19-9-7-15(32-19)12-28-31-21-29-18(13-4-2-1-3-5-13)11-20(30-21)22(25,26)27/h1-12H,(H,29,30,31)/b28-12+. The fourth-order valence-corrected chi connectivity index (χ4v) is 3.08. The minimum atomic E-state index is -4.64. The van der Waals surface area contributed by atoms with E-state index < -0.39 is 11.9 Å². The van der Waals surface area contributed by atoms with Gasteiger partial charge in [0.05, 0.1) is 22.0 Å². The van der Waals surface area contributed by atoms with Crippen molar-refractivity contribution in [3.63, 3.8) is 0 Å². The number of furan rings is 1. The number of benzene rings is 2. The molecular weight excluding hydrogens is 464 g/mol. The molecule has 0 amide bonds. The monoisotopic (exact) mass is 476 g/mol. The van der Waals surface area contributed by atoms with E-state index in [9.17, 15) is 13.2 Å². The van der Waals surface area contributed by atoms with E-state index in [1.54, 1.807) is 60.7 Å². The molecule has 0 bridgehead atoms. The zero-order valence-electron chi connectivity index (χ0n) is 16.1. The molecule has 0 saturated heterocycles. The number of anilines is 1. The van der Waals surface area contributed by atoms with Gasteiger partial charge < -0.3 is 4.42 Å². The van der Waals surface area contributed by atoms with Crippen molar-refractivity contribution < 1.29 is 17.6 Å². The predicted octanol–water partition coefficient (Wildman–Crippen LogP) is 7.18. The summed E-state index contributed by atoms with van der Waals surface area (Å²) in [5.41, 5.74) is 2.69. The van der Waals surface area contributed by atoms with E-state index >= 15 is 0 Å². The van der Waals surface area contributed by atoms with Gasteiger partial charge in [-0.1, -0.05) is 53.5 Å². The molecule has 0 saturated carbocycles. The highest BCUT2D eigenvalue weighted by Crippen LogP contribution is 2.31. The summed E-state index contributed by atoms with van der Waals surface area (Å²) >= 11 is 11.9. The molecule has 162 valence electrons. The number of alkyl halides is 3. The lowest BCUT2D eigenvalue weighted by Gasteiger charge is -2.10. The molecule has 1 N–H and O–H groups in total. The third-order valence-corrected chi connectivity index (χ3v) is 5.01. The fraction of sp³-hybridized carbons (Fsp3) is 0.0455. The maximum Gasteiger partial charge on any atom is 0.433 e. The van der Waals surface area contributed by atoms with Crippen molar-refractivity contribution in [3.8, 4) is 22.6 Å². The second kappa shape index (κ2) is 9.02. The Morgan fingerprint density at radius 3 is 2.38 bits per heavy atom. The van der Waals surface area contributed by atoms with E-state index in [2.05, 4.69) is 20.5 Å². The Bertz CT molecular complexity index is 1270. The molecule has 0 aliphatic heterocycles. The van der Waals surface area contributed by atoms with Crippen LogP contribution in [0.4, 0.5) is 19.1 Å². The molecule has 0 atom stereocenters. The van der Waals surface area contributed by atoms with Crippen molar-refractivity contribution in [2.24, 2.45) is 5.10 Å². The van der Waals surface area contributed by atoms with Gasteiger partial charge in [-0.25, -0.2) is 15.4 Å². The van der Waals surface area contributed by atoms with E-state index in [0.717, 1.165) is 6.07 Å². The first-order chi connectivity index (χ1) is 15.3. The maximum absolute atomic E-state index is 13.3. The predicted molar refractivity (Wildman–Crippen MR) is 118 cm³/mol.